The summed E-state index contributed by atoms with van der Waals surface area (Å²) in [6, 6.07) is 0. The van der Waals surface area contributed by atoms with Crippen molar-refractivity contribution in [2.24, 2.45) is 0 Å². The number of unbranched alkanes of at least 4 members (excludes halogenated alkanes) is 5. The van der Waals surface area contributed by atoms with Gasteiger partial charge in [-0.25, -0.2) is 0 Å². The monoisotopic (exact) mass is 315 g/mol. The largest absolute Gasteiger partial charge is 1.00 e. The molecular formula is C10H23NNa2O3S2. The molecule has 18 heavy (non-hydrogen) atoms. The summed E-state index contributed by atoms with van der Waals surface area (Å²) in [5, 5.41) is 2.65. The summed E-state index contributed by atoms with van der Waals surface area (Å²) < 4.78 is 31.7. The molecular weight excluding hydrogens is 292 g/mol. The summed E-state index contributed by atoms with van der Waals surface area (Å²) in [5.41, 5.74) is 0. The number of thiol groups is 1. The number of nitrogens with one attached hydrogen (secondary N) is 1. The van der Waals surface area contributed by atoms with Crippen LogP contribution >= 0.6 is 0 Å². The van der Waals surface area contributed by atoms with Crippen LogP contribution in [0.3, 0.4) is 0 Å². The fraction of sp³-hybridized carbons (Fsp3) is 1.00. The minimum atomic E-state index is -4.13. The van der Waals surface area contributed by atoms with E-state index in [1.807, 2.05) is 0 Å². The molecule has 0 heterocycles. The maximum absolute atomic E-state index is 10.6. The molecule has 0 aliphatic rings. The molecule has 0 saturated carbocycles. The third kappa shape index (κ3) is 18.2. The third-order valence-electron chi connectivity index (χ3n) is 2.42. The Morgan fingerprint density at radius 1 is 1.11 bits per heavy atom. The fourth-order valence-electron chi connectivity index (χ4n) is 1.52. The number of rotatable bonds is 10. The molecule has 1 unspecified atom stereocenters. The molecule has 0 aromatic rings. The smallest absolute Gasteiger partial charge is 0.766 e. The van der Waals surface area contributed by atoms with Gasteiger partial charge in [-0.2, -0.15) is 0 Å². The van der Waals surface area contributed by atoms with Crippen LogP contribution < -0.4 is 64.4 Å². The van der Waals surface area contributed by atoms with Crippen LogP contribution in [0.25, 0.3) is 0 Å². The number of hydrogen-bond acceptors (Lipinski definition) is 5. The van der Waals surface area contributed by atoms with E-state index in [2.05, 4.69) is 12.2 Å². The molecule has 0 aromatic carbocycles. The molecule has 0 bridgehead atoms. The van der Waals surface area contributed by atoms with Gasteiger partial charge in [-0.3, -0.25) is 8.42 Å². The standard InChI is InChI=1S/C10H24NO3S2.2Na/c1-3-4-5-6-7-8-9-10(11-2)15-16(12,13)14;;/h10-11,15H,3-9H2,1-2H3,(H,12,13,14);;/q-1;2*+1/p-1. The van der Waals surface area contributed by atoms with Gasteiger partial charge < -0.3 is 20.7 Å². The minimum absolute atomic E-state index is 0. The van der Waals surface area contributed by atoms with Crippen molar-refractivity contribution < 1.29 is 72.1 Å². The van der Waals surface area contributed by atoms with Crippen LogP contribution in [-0.4, -0.2) is 25.4 Å². The molecule has 0 saturated heterocycles. The molecule has 0 aromatic heterocycles. The quantitative estimate of drug-likeness (QED) is 0.110. The maximum atomic E-state index is 10.6. The molecule has 8 heteroatoms. The molecule has 0 radical (unpaired) electrons. The maximum Gasteiger partial charge on any atom is 1.00 e. The van der Waals surface area contributed by atoms with Crippen LogP contribution in [0.2, 0.25) is 0 Å². The van der Waals surface area contributed by atoms with Crippen molar-refractivity contribution in [3.05, 3.63) is 0 Å². The fourth-order valence-corrected chi connectivity index (χ4v) is 3.80. The van der Waals surface area contributed by atoms with E-state index in [4.69, 9.17) is 0 Å². The van der Waals surface area contributed by atoms with Crippen molar-refractivity contribution >= 4 is 19.9 Å². The van der Waals surface area contributed by atoms with Gasteiger partial charge in [0.15, 0.2) is 0 Å². The summed E-state index contributed by atoms with van der Waals surface area (Å²) in [4.78, 5) is 0. The van der Waals surface area contributed by atoms with Gasteiger partial charge in [0.2, 0.25) is 0 Å². The van der Waals surface area contributed by atoms with Crippen molar-refractivity contribution in [1.29, 1.82) is 0 Å². The van der Waals surface area contributed by atoms with E-state index in [1.54, 1.807) is 7.05 Å². The van der Waals surface area contributed by atoms with E-state index in [9.17, 15) is 13.0 Å². The SMILES string of the molecule is CCCCCCCCC(NC)[SH-]S(=O)(=O)[O-].[Na+].[Na+]. The summed E-state index contributed by atoms with van der Waals surface area (Å²) in [5.74, 6) is 0. The molecule has 0 amide bonds. The zero-order valence-corrected chi connectivity index (χ0v) is 17.8. The van der Waals surface area contributed by atoms with Gasteiger partial charge in [0.05, 0.1) is 0 Å². The van der Waals surface area contributed by atoms with Crippen LogP contribution in [0.5, 0.6) is 0 Å². The molecule has 1 N–H and O–H groups in total. The van der Waals surface area contributed by atoms with Crippen LogP contribution in [0.4, 0.5) is 0 Å². The van der Waals surface area contributed by atoms with Gasteiger partial charge in [0, 0.05) is 9.15 Å². The molecule has 0 spiro atoms. The Bertz CT molecular complexity index is 264. The minimum Gasteiger partial charge on any atom is -0.766 e. The summed E-state index contributed by atoms with van der Waals surface area (Å²) in [7, 11) is -2.47. The first-order valence-electron chi connectivity index (χ1n) is 5.84. The van der Waals surface area contributed by atoms with Crippen LogP contribution in [0.1, 0.15) is 51.9 Å². The molecule has 0 aliphatic heterocycles. The van der Waals surface area contributed by atoms with Gasteiger partial charge in [-0.1, -0.05) is 57.2 Å². The third-order valence-corrected chi connectivity index (χ3v) is 4.99. The van der Waals surface area contributed by atoms with E-state index in [1.165, 1.54) is 25.7 Å². The van der Waals surface area contributed by atoms with Crippen LogP contribution in [-0.2, 0) is 19.9 Å². The Balaban J connectivity index is -0.00000112. The second-order valence-corrected chi connectivity index (χ2v) is 7.56. The molecule has 0 fully saturated rings. The zero-order chi connectivity index (χ0) is 12.4. The van der Waals surface area contributed by atoms with Gasteiger partial charge in [-0.15, -0.1) is 0 Å². The molecule has 100 valence electrons. The Morgan fingerprint density at radius 3 is 2.06 bits per heavy atom. The van der Waals surface area contributed by atoms with E-state index in [0.717, 1.165) is 19.3 Å². The second-order valence-electron chi connectivity index (χ2n) is 3.89. The van der Waals surface area contributed by atoms with E-state index in [0.29, 0.717) is 0 Å². The van der Waals surface area contributed by atoms with E-state index >= 15 is 0 Å². The molecule has 4 nitrogen and oxygen atoms in total. The normalized spacial score (nSPS) is 12.6. The van der Waals surface area contributed by atoms with Gasteiger partial charge in [-0.05, 0) is 7.05 Å². The Morgan fingerprint density at radius 2 is 1.61 bits per heavy atom. The first-order valence-corrected chi connectivity index (χ1v) is 8.82. The average Bonchev–Trinajstić information content (AvgIpc) is 2.19. The first-order chi connectivity index (χ1) is 7.49. The number of hydrogen-bond donors (Lipinski definition) is 1. The molecule has 0 rings (SSSR count). The second kappa shape index (κ2) is 15.6. The van der Waals surface area contributed by atoms with E-state index < -0.39 is 9.15 Å². The van der Waals surface area contributed by atoms with Crippen molar-refractivity contribution in [2.45, 2.75) is 57.2 Å². The molecule has 0 aliphatic carbocycles. The average molecular weight is 315 g/mol. The van der Waals surface area contributed by atoms with Gasteiger partial charge in [0.1, 0.15) is 0 Å². The van der Waals surface area contributed by atoms with E-state index in [-0.39, 0.29) is 75.3 Å². The van der Waals surface area contributed by atoms with Crippen LogP contribution in [0, 0.1) is 0 Å². The Hall–Kier alpha value is 2.22. The Kier molecular flexibility index (Phi) is 21.8. The molecule has 1 atom stereocenters. The van der Waals surface area contributed by atoms with Crippen molar-refractivity contribution in [1.82, 2.24) is 5.32 Å². The van der Waals surface area contributed by atoms with Crippen molar-refractivity contribution in [2.75, 3.05) is 7.05 Å². The van der Waals surface area contributed by atoms with Crippen LogP contribution in [0.15, 0.2) is 0 Å². The zero-order valence-electron chi connectivity index (χ0n) is 12.1. The first kappa shape index (κ1) is 25.2. The predicted molar refractivity (Wildman–Crippen MR) is 69.3 cm³/mol. The summed E-state index contributed by atoms with van der Waals surface area (Å²) in [6.45, 7) is 2.18. The summed E-state index contributed by atoms with van der Waals surface area (Å²) >= 11 is 0. The summed E-state index contributed by atoms with van der Waals surface area (Å²) in [6.07, 6.45) is 7.80. The van der Waals surface area contributed by atoms with Gasteiger partial charge in [0.25, 0.3) is 0 Å². The van der Waals surface area contributed by atoms with Crippen molar-refractivity contribution in [3.63, 3.8) is 0 Å². The predicted octanol–water partition coefficient (Wildman–Crippen LogP) is -4.43. The van der Waals surface area contributed by atoms with Crippen molar-refractivity contribution in [3.8, 4) is 0 Å². The Labute approximate surface area is 160 Å². The topological polar surface area (TPSA) is 69.2 Å². The van der Waals surface area contributed by atoms with Gasteiger partial charge >= 0.3 is 59.1 Å².